The van der Waals surface area contributed by atoms with Gasteiger partial charge in [0.25, 0.3) is 0 Å². The van der Waals surface area contributed by atoms with E-state index in [1.54, 1.807) is 0 Å². The molecule has 1 fully saturated rings. The summed E-state index contributed by atoms with van der Waals surface area (Å²) < 4.78 is 10.9. The lowest BCUT2D eigenvalue weighted by atomic mass is 9.94. The minimum atomic E-state index is -0.471. The number of benzene rings is 3. The zero-order valence-corrected chi connectivity index (χ0v) is 15.7. The molecule has 1 amide bonds. The second kappa shape index (κ2) is 6.41. The smallest absolute Gasteiger partial charge is 0.235 e. The van der Waals surface area contributed by atoms with E-state index in [0.29, 0.717) is 0 Å². The van der Waals surface area contributed by atoms with E-state index in [2.05, 4.69) is 42.6 Å². The number of hydrogen-bond donors (Lipinski definition) is 1. The van der Waals surface area contributed by atoms with E-state index in [1.807, 2.05) is 36.4 Å². The van der Waals surface area contributed by atoms with Crippen molar-refractivity contribution >= 4 is 11.6 Å². The number of nitrogens with one attached hydrogen (secondary N) is 1. The van der Waals surface area contributed by atoms with Crippen molar-refractivity contribution in [1.29, 1.82) is 0 Å². The van der Waals surface area contributed by atoms with Crippen LogP contribution < -0.4 is 14.8 Å². The van der Waals surface area contributed by atoms with Crippen molar-refractivity contribution in [2.45, 2.75) is 25.2 Å². The summed E-state index contributed by atoms with van der Waals surface area (Å²) >= 11 is 0. The second-order valence-electron chi connectivity index (χ2n) is 7.55. The maximum atomic E-state index is 13.1. The van der Waals surface area contributed by atoms with Crippen molar-refractivity contribution in [3.63, 3.8) is 0 Å². The van der Waals surface area contributed by atoms with Gasteiger partial charge in [-0.15, -0.1) is 0 Å². The maximum Gasteiger partial charge on any atom is 0.235 e. The molecule has 0 unspecified atom stereocenters. The molecule has 0 aromatic heterocycles. The Balaban J connectivity index is 1.38. The van der Waals surface area contributed by atoms with Gasteiger partial charge in [-0.3, -0.25) is 4.79 Å². The van der Waals surface area contributed by atoms with E-state index in [4.69, 9.17) is 9.47 Å². The maximum absolute atomic E-state index is 13.1. The number of ether oxygens (including phenoxy) is 2. The van der Waals surface area contributed by atoms with Crippen LogP contribution in [0, 0.1) is 6.92 Å². The Morgan fingerprint density at radius 3 is 2.46 bits per heavy atom. The number of hydrogen-bond acceptors (Lipinski definition) is 3. The molecular formula is C24H21NO3. The summed E-state index contributed by atoms with van der Waals surface area (Å²) in [6.45, 7) is 2.31. The summed E-state index contributed by atoms with van der Waals surface area (Å²) in [7, 11) is 0. The van der Waals surface area contributed by atoms with Gasteiger partial charge in [-0.05, 0) is 60.7 Å². The van der Waals surface area contributed by atoms with Crippen LogP contribution in [0.1, 0.15) is 24.0 Å². The van der Waals surface area contributed by atoms with Crippen molar-refractivity contribution < 1.29 is 14.3 Å². The molecule has 0 bridgehead atoms. The van der Waals surface area contributed by atoms with Gasteiger partial charge >= 0.3 is 0 Å². The number of rotatable bonds is 4. The summed E-state index contributed by atoms with van der Waals surface area (Å²) in [6.07, 6.45) is 1.69. The highest BCUT2D eigenvalue weighted by molar-refractivity contribution is 6.01. The van der Waals surface area contributed by atoms with Crippen LogP contribution >= 0.6 is 0 Å². The Morgan fingerprint density at radius 1 is 0.893 bits per heavy atom. The van der Waals surface area contributed by atoms with Crippen molar-refractivity contribution in [1.82, 2.24) is 0 Å². The Kier molecular flexibility index (Phi) is 3.86. The Bertz CT molecular complexity index is 1050. The van der Waals surface area contributed by atoms with Crippen LogP contribution in [-0.4, -0.2) is 12.7 Å². The number of anilines is 1. The molecule has 1 aliphatic heterocycles. The Labute approximate surface area is 164 Å². The summed E-state index contributed by atoms with van der Waals surface area (Å²) in [5.41, 5.74) is 4.79. The molecule has 2 aliphatic rings. The lowest BCUT2D eigenvalue weighted by molar-refractivity contribution is -0.118. The number of carbonyl (C=O) groups excluding carboxylic acids is 1. The molecule has 1 N–H and O–H groups in total. The van der Waals surface area contributed by atoms with Crippen molar-refractivity contribution in [3.8, 4) is 22.6 Å². The van der Waals surface area contributed by atoms with Crippen LogP contribution in [0.2, 0.25) is 0 Å². The van der Waals surface area contributed by atoms with Gasteiger partial charge in [0.05, 0.1) is 5.41 Å². The number of amides is 1. The summed E-state index contributed by atoms with van der Waals surface area (Å²) in [4.78, 5) is 13.1. The first kappa shape index (κ1) is 16.9. The van der Waals surface area contributed by atoms with Crippen LogP contribution in [0.4, 0.5) is 5.69 Å². The molecule has 3 aromatic carbocycles. The molecule has 1 aliphatic carbocycles. The van der Waals surface area contributed by atoms with Gasteiger partial charge in [0.1, 0.15) is 0 Å². The highest BCUT2D eigenvalue weighted by atomic mass is 16.7. The molecule has 3 aromatic rings. The first-order valence-corrected chi connectivity index (χ1v) is 9.53. The molecule has 140 valence electrons. The molecule has 1 saturated carbocycles. The lowest BCUT2D eigenvalue weighted by Gasteiger charge is -2.17. The van der Waals surface area contributed by atoms with Crippen LogP contribution in [-0.2, 0) is 10.2 Å². The fourth-order valence-corrected chi connectivity index (χ4v) is 3.74. The average Bonchev–Trinajstić information content (AvgIpc) is 3.40. The van der Waals surface area contributed by atoms with Gasteiger partial charge in [0, 0.05) is 5.69 Å². The van der Waals surface area contributed by atoms with Crippen LogP contribution in [0.5, 0.6) is 11.5 Å². The molecule has 0 radical (unpaired) electrons. The highest BCUT2D eigenvalue weighted by Gasteiger charge is 2.51. The van der Waals surface area contributed by atoms with Gasteiger partial charge < -0.3 is 14.8 Å². The predicted molar refractivity (Wildman–Crippen MR) is 109 cm³/mol. The minimum Gasteiger partial charge on any atom is -0.454 e. The Morgan fingerprint density at radius 2 is 1.68 bits per heavy atom. The molecule has 28 heavy (non-hydrogen) atoms. The monoisotopic (exact) mass is 371 g/mol. The van der Waals surface area contributed by atoms with E-state index in [-0.39, 0.29) is 12.7 Å². The summed E-state index contributed by atoms with van der Waals surface area (Å²) in [6, 6.07) is 22.2. The topological polar surface area (TPSA) is 47.6 Å². The fraction of sp³-hybridized carbons (Fsp3) is 0.208. The molecule has 0 atom stereocenters. The SMILES string of the molecule is Cc1ccc(-c2cccc(NC(=O)C3(c4ccc5c(c4)OCO5)CC3)c2)cc1. The van der Waals surface area contributed by atoms with Gasteiger partial charge in [0.2, 0.25) is 12.7 Å². The van der Waals surface area contributed by atoms with E-state index in [0.717, 1.165) is 46.7 Å². The normalized spacial score (nSPS) is 15.9. The van der Waals surface area contributed by atoms with Crippen LogP contribution in [0.25, 0.3) is 11.1 Å². The van der Waals surface area contributed by atoms with Gasteiger partial charge in [0.15, 0.2) is 11.5 Å². The summed E-state index contributed by atoms with van der Waals surface area (Å²) in [5.74, 6) is 1.50. The third-order valence-corrected chi connectivity index (χ3v) is 5.62. The molecule has 5 rings (SSSR count). The third kappa shape index (κ3) is 2.91. The summed E-state index contributed by atoms with van der Waals surface area (Å²) in [5, 5.41) is 3.12. The average molecular weight is 371 g/mol. The van der Waals surface area contributed by atoms with Crippen molar-refractivity contribution in [2.24, 2.45) is 0 Å². The van der Waals surface area contributed by atoms with Crippen molar-refractivity contribution in [3.05, 3.63) is 77.9 Å². The molecule has 4 heteroatoms. The van der Waals surface area contributed by atoms with Gasteiger partial charge in [-0.25, -0.2) is 0 Å². The molecule has 0 spiro atoms. The van der Waals surface area contributed by atoms with Crippen LogP contribution in [0.15, 0.2) is 66.7 Å². The van der Waals surface area contributed by atoms with Crippen LogP contribution in [0.3, 0.4) is 0 Å². The second-order valence-corrected chi connectivity index (χ2v) is 7.55. The largest absolute Gasteiger partial charge is 0.454 e. The van der Waals surface area contributed by atoms with E-state index in [1.165, 1.54) is 5.56 Å². The molecule has 4 nitrogen and oxygen atoms in total. The van der Waals surface area contributed by atoms with E-state index in [9.17, 15) is 4.79 Å². The number of carbonyl (C=O) groups is 1. The fourth-order valence-electron chi connectivity index (χ4n) is 3.74. The van der Waals surface area contributed by atoms with E-state index < -0.39 is 5.41 Å². The van der Waals surface area contributed by atoms with Gasteiger partial charge in [-0.2, -0.15) is 0 Å². The third-order valence-electron chi connectivity index (χ3n) is 5.62. The number of fused-ring (bicyclic) bond motifs is 1. The predicted octanol–water partition coefficient (Wildman–Crippen LogP) is 5.06. The zero-order chi connectivity index (χ0) is 19.1. The molecule has 1 heterocycles. The minimum absolute atomic E-state index is 0.0346. The molecular weight excluding hydrogens is 350 g/mol. The first-order chi connectivity index (χ1) is 13.6. The lowest BCUT2D eigenvalue weighted by Crippen LogP contribution is -2.27. The highest BCUT2D eigenvalue weighted by Crippen LogP contribution is 2.51. The molecule has 0 saturated heterocycles. The van der Waals surface area contributed by atoms with E-state index >= 15 is 0 Å². The first-order valence-electron chi connectivity index (χ1n) is 9.53. The number of aryl methyl sites for hydroxylation is 1. The zero-order valence-electron chi connectivity index (χ0n) is 15.7. The quantitative estimate of drug-likeness (QED) is 0.697. The standard InChI is InChI=1S/C24H21NO3/c1-16-5-7-17(8-6-16)18-3-2-4-20(13-18)25-23(26)24(11-12-24)19-9-10-21-22(14-19)28-15-27-21/h2-10,13-14H,11-12,15H2,1H3,(H,25,26). The van der Waals surface area contributed by atoms with Crippen molar-refractivity contribution in [2.75, 3.05) is 12.1 Å². The Hall–Kier alpha value is -3.27. The van der Waals surface area contributed by atoms with Gasteiger partial charge in [-0.1, -0.05) is 48.0 Å².